The van der Waals surface area contributed by atoms with E-state index in [9.17, 15) is 0 Å². The van der Waals surface area contributed by atoms with Crippen LogP contribution in [0.1, 0.15) is 90.9 Å². The lowest BCUT2D eigenvalue weighted by Gasteiger charge is -2.58. The van der Waals surface area contributed by atoms with Gasteiger partial charge in [-0.05, 0) is 100 Å². The number of allylic oxidation sites excluding steroid dienone is 1. The van der Waals surface area contributed by atoms with Gasteiger partial charge in [0.2, 0.25) is 0 Å². The van der Waals surface area contributed by atoms with Crippen LogP contribution in [0, 0.1) is 28.6 Å². The summed E-state index contributed by atoms with van der Waals surface area (Å²) in [7, 11) is 0. The molecule has 0 N–H and O–H groups in total. The Balaban J connectivity index is 1.25. The van der Waals surface area contributed by atoms with Crippen molar-refractivity contribution in [1.82, 2.24) is 0 Å². The molecule has 5 aliphatic carbocycles. The minimum atomic E-state index is -2.90. The van der Waals surface area contributed by atoms with Gasteiger partial charge in [0.15, 0.2) is 6.29 Å². The molecule has 0 spiro atoms. The molecular weight excluding hydrogens is 408 g/mol. The molecule has 7 atom stereocenters. The molecule has 4 saturated carbocycles. The van der Waals surface area contributed by atoms with Crippen molar-refractivity contribution in [3.63, 3.8) is 0 Å². The molecule has 5 fully saturated rings. The summed E-state index contributed by atoms with van der Waals surface area (Å²) >= 11 is 0. The van der Waals surface area contributed by atoms with Crippen molar-refractivity contribution in [2.75, 3.05) is 6.61 Å². The molecule has 0 aromatic rings. The number of fused-ring (bicyclic) bond motifs is 5. The third kappa shape index (κ3) is 3.27. The summed E-state index contributed by atoms with van der Waals surface area (Å²) in [4.78, 5) is 5.12. The predicted octanol–water partition coefficient (Wildman–Crippen LogP) is 6.71. The zero-order valence-electron chi connectivity index (χ0n) is 19.8. The van der Waals surface area contributed by atoms with E-state index in [1.807, 2.05) is 6.08 Å². The minimum Gasteiger partial charge on any atom is -0.353 e. The van der Waals surface area contributed by atoms with Gasteiger partial charge < -0.3 is 9.47 Å². The van der Waals surface area contributed by atoms with Gasteiger partial charge in [-0.2, -0.15) is 8.78 Å². The van der Waals surface area contributed by atoms with Gasteiger partial charge in [-0.3, -0.25) is 4.99 Å². The first-order valence-electron chi connectivity index (χ1n) is 13.3. The van der Waals surface area contributed by atoms with Crippen molar-refractivity contribution >= 4 is 5.71 Å². The van der Waals surface area contributed by atoms with Crippen molar-refractivity contribution in [2.24, 2.45) is 33.6 Å². The molecule has 0 radical (unpaired) electrons. The van der Waals surface area contributed by atoms with Crippen molar-refractivity contribution in [1.29, 1.82) is 0 Å². The standard InChI is InChI=1S/C27H39F2NO2/c1-25-15-13-23(32-24-5-3-4-16-31-24)27(28,29)21(25)10-8-18-19-9-11-22(30-17-6-7-17)26(19,2)14-12-20(18)25/h10,17-20,23-24H,3-9,11-16H2,1-2H3/t18-,19-,20-,23-,24?,25+,26-/m0/s1. The van der Waals surface area contributed by atoms with Crippen molar-refractivity contribution < 1.29 is 18.3 Å². The van der Waals surface area contributed by atoms with Crippen molar-refractivity contribution in [3.8, 4) is 0 Å². The lowest BCUT2D eigenvalue weighted by molar-refractivity contribution is -0.246. The first-order chi connectivity index (χ1) is 15.3. The number of alkyl halides is 2. The molecule has 32 heavy (non-hydrogen) atoms. The quantitative estimate of drug-likeness (QED) is 0.450. The Hall–Kier alpha value is -0.810. The van der Waals surface area contributed by atoms with Gasteiger partial charge in [0.25, 0.3) is 5.92 Å². The summed E-state index contributed by atoms with van der Waals surface area (Å²) in [5, 5.41) is 0. The van der Waals surface area contributed by atoms with Crippen LogP contribution >= 0.6 is 0 Å². The summed E-state index contributed by atoms with van der Waals surface area (Å²) in [5.41, 5.74) is 1.63. The van der Waals surface area contributed by atoms with Crippen LogP contribution < -0.4 is 0 Å². The molecule has 6 aliphatic rings. The number of ether oxygens (including phenoxy) is 2. The first kappa shape index (κ1) is 21.7. The number of rotatable bonds is 3. The van der Waals surface area contributed by atoms with Crippen LogP contribution in [0.2, 0.25) is 0 Å². The first-order valence-corrected chi connectivity index (χ1v) is 13.3. The van der Waals surface area contributed by atoms with Gasteiger partial charge in [0.05, 0.1) is 6.04 Å². The van der Waals surface area contributed by atoms with E-state index in [1.54, 1.807) is 0 Å². The van der Waals surface area contributed by atoms with Crippen LogP contribution in [0.3, 0.4) is 0 Å². The molecule has 1 saturated heterocycles. The van der Waals surface area contributed by atoms with E-state index >= 15 is 8.78 Å². The predicted molar refractivity (Wildman–Crippen MR) is 121 cm³/mol. The van der Waals surface area contributed by atoms with E-state index in [-0.39, 0.29) is 5.41 Å². The molecular formula is C27H39F2NO2. The topological polar surface area (TPSA) is 30.8 Å². The second-order valence-corrected chi connectivity index (χ2v) is 12.0. The third-order valence-electron chi connectivity index (χ3n) is 10.2. The molecule has 1 heterocycles. The van der Waals surface area contributed by atoms with E-state index in [0.717, 1.165) is 51.4 Å². The number of hydrogen-bond donors (Lipinski definition) is 0. The van der Waals surface area contributed by atoms with Gasteiger partial charge in [-0.25, -0.2) is 0 Å². The number of aliphatic imine (C=N–C) groups is 1. The average Bonchev–Trinajstić information content (AvgIpc) is 3.52. The summed E-state index contributed by atoms with van der Waals surface area (Å²) in [6.07, 6.45) is 12.2. The SMILES string of the molecule is C[C@]12CC[C@H](OC3CCCCO3)C(F)(F)C1=CC[C@@H]1[C@@H]2CC[C@]2(C)C(=NC3CC3)CC[C@@H]12. The Morgan fingerprint density at radius 3 is 2.50 bits per heavy atom. The molecule has 1 unspecified atom stereocenters. The van der Waals surface area contributed by atoms with Gasteiger partial charge in [0, 0.05) is 23.3 Å². The number of nitrogens with zero attached hydrogens (tertiary/aromatic N) is 1. The summed E-state index contributed by atoms with van der Waals surface area (Å²) < 4.78 is 43.2. The highest BCUT2D eigenvalue weighted by Gasteiger charge is 2.63. The van der Waals surface area contributed by atoms with Crippen LogP contribution in [-0.2, 0) is 9.47 Å². The monoisotopic (exact) mass is 447 g/mol. The zero-order valence-corrected chi connectivity index (χ0v) is 19.8. The third-order valence-corrected chi connectivity index (χ3v) is 10.2. The highest BCUT2D eigenvalue weighted by molar-refractivity contribution is 5.92. The fourth-order valence-corrected chi connectivity index (χ4v) is 8.30. The van der Waals surface area contributed by atoms with Crippen LogP contribution in [0.25, 0.3) is 0 Å². The van der Waals surface area contributed by atoms with Crippen molar-refractivity contribution in [2.45, 2.75) is 115 Å². The minimum absolute atomic E-state index is 0.201. The number of hydrogen-bond acceptors (Lipinski definition) is 3. The Kier molecular flexibility index (Phi) is 5.15. The summed E-state index contributed by atoms with van der Waals surface area (Å²) in [5.74, 6) is -1.41. The second kappa shape index (κ2) is 7.60. The normalized spacial score (nSPS) is 49.2. The molecule has 3 nitrogen and oxygen atoms in total. The second-order valence-electron chi connectivity index (χ2n) is 12.0. The van der Waals surface area contributed by atoms with Gasteiger partial charge in [0.1, 0.15) is 6.10 Å². The van der Waals surface area contributed by atoms with E-state index in [4.69, 9.17) is 14.5 Å². The molecule has 178 valence electrons. The van der Waals surface area contributed by atoms with E-state index in [1.165, 1.54) is 25.0 Å². The Labute approximate surface area is 191 Å². The van der Waals surface area contributed by atoms with E-state index in [0.29, 0.717) is 42.4 Å². The highest BCUT2D eigenvalue weighted by atomic mass is 19.3. The van der Waals surface area contributed by atoms with Crippen LogP contribution in [0.5, 0.6) is 0 Å². The molecule has 0 amide bonds. The molecule has 0 aromatic heterocycles. The lowest BCUT2D eigenvalue weighted by atomic mass is 9.47. The van der Waals surface area contributed by atoms with Crippen LogP contribution in [0.4, 0.5) is 8.78 Å². The number of halogens is 2. The Morgan fingerprint density at radius 2 is 1.75 bits per heavy atom. The zero-order chi connectivity index (χ0) is 22.1. The smallest absolute Gasteiger partial charge is 0.295 e. The van der Waals surface area contributed by atoms with Gasteiger partial charge in [-0.15, -0.1) is 0 Å². The highest BCUT2D eigenvalue weighted by Crippen LogP contribution is 2.66. The largest absolute Gasteiger partial charge is 0.353 e. The molecule has 0 bridgehead atoms. The fraction of sp³-hybridized carbons (Fsp3) is 0.889. The van der Waals surface area contributed by atoms with Crippen molar-refractivity contribution in [3.05, 3.63) is 11.6 Å². The molecule has 1 aliphatic heterocycles. The Morgan fingerprint density at radius 1 is 0.969 bits per heavy atom. The maximum atomic E-state index is 15.9. The lowest BCUT2D eigenvalue weighted by Crippen LogP contribution is -2.57. The molecule has 6 rings (SSSR count). The van der Waals surface area contributed by atoms with Gasteiger partial charge >= 0.3 is 0 Å². The summed E-state index contributed by atoms with van der Waals surface area (Å²) in [6, 6.07) is 0.579. The summed E-state index contributed by atoms with van der Waals surface area (Å²) in [6.45, 7) is 5.21. The molecule has 5 heteroatoms. The Bertz CT molecular complexity index is 814. The maximum absolute atomic E-state index is 15.9. The maximum Gasteiger partial charge on any atom is 0.295 e. The van der Waals surface area contributed by atoms with Crippen LogP contribution in [0.15, 0.2) is 16.6 Å². The van der Waals surface area contributed by atoms with E-state index < -0.39 is 23.7 Å². The molecule has 0 aromatic carbocycles. The van der Waals surface area contributed by atoms with E-state index in [2.05, 4.69) is 13.8 Å². The average molecular weight is 448 g/mol. The van der Waals surface area contributed by atoms with Crippen LogP contribution in [-0.4, -0.2) is 36.7 Å². The fourth-order valence-electron chi connectivity index (χ4n) is 8.30. The van der Waals surface area contributed by atoms with Gasteiger partial charge in [-0.1, -0.05) is 19.9 Å².